The van der Waals surface area contributed by atoms with Crippen LogP contribution in [0.1, 0.15) is 18.4 Å². The average Bonchev–Trinajstić information content (AvgIpc) is 2.97. The van der Waals surface area contributed by atoms with Gasteiger partial charge in [0.2, 0.25) is 0 Å². The average molecular weight is 319 g/mol. The van der Waals surface area contributed by atoms with Crippen LogP contribution in [0.4, 0.5) is 0 Å². The van der Waals surface area contributed by atoms with E-state index < -0.39 is 0 Å². The van der Waals surface area contributed by atoms with Crippen LogP contribution in [0.2, 0.25) is 0 Å². The highest BCUT2D eigenvalue weighted by Crippen LogP contribution is 2.35. The molecule has 5 heteroatoms. The van der Waals surface area contributed by atoms with Crippen molar-refractivity contribution in [1.82, 2.24) is 14.8 Å². The summed E-state index contributed by atoms with van der Waals surface area (Å²) in [5.41, 5.74) is 1.34. The van der Waals surface area contributed by atoms with Crippen LogP contribution in [0.15, 0.2) is 24.5 Å². The molecule has 0 N–H and O–H groups in total. The minimum atomic E-state index is 0.338. The van der Waals surface area contributed by atoms with Crippen LogP contribution < -0.4 is 0 Å². The van der Waals surface area contributed by atoms with Crippen molar-refractivity contribution in [3.63, 3.8) is 0 Å². The first-order valence-electron chi connectivity index (χ1n) is 8.71. The van der Waals surface area contributed by atoms with Crippen LogP contribution in [0.5, 0.6) is 0 Å². The largest absolute Gasteiger partial charge is 0.380 e. The number of ether oxygens (including phenoxy) is 2. The molecule has 0 spiro atoms. The Morgan fingerprint density at radius 3 is 2.91 bits per heavy atom. The van der Waals surface area contributed by atoms with Crippen LogP contribution in [0, 0.1) is 5.92 Å². The fourth-order valence-electron chi connectivity index (χ4n) is 3.72. The van der Waals surface area contributed by atoms with E-state index in [4.69, 9.17) is 9.47 Å². The lowest BCUT2D eigenvalue weighted by Gasteiger charge is -2.39. The van der Waals surface area contributed by atoms with E-state index in [1.165, 1.54) is 18.4 Å². The molecule has 2 aliphatic rings. The summed E-state index contributed by atoms with van der Waals surface area (Å²) < 4.78 is 12.0. The van der Waals surface area contributed by atoms with Gasteiger partial charge in [0, 0.05) is 44.0 Å². The molecule has 1 aliphatic carbocycles. The Bertz CT molecular complexity index is 469. The summed E-state index contributed by atoms with van der Waals surface area (Å²) in [5.74, 6) is 0.544. The number of aromatic nitrogens is 1. The lowest BCUT2D eigenvalue weighted by molar-refractivity contribution is -0.0883. The zero-order chi connectivity index (χ0) is 16.1. The van der Waals surface area contributed by atoms with E-state index in [9.17, 15) is 0 Å². The van der Waals surface area contributed by atoms with Crippen molar-refractivity contribution < 1.29 is 9.47 Å². The number of pyridine rings is 1. The van der Waals surface area contributed by atoms with Gasteiger partial charge in [-0.3, -0.25) is 9.88 Å². The first-order chi connectivity index (χ1) is 11.2. The first-order valence-corrected chi connectivity index (χ1v) is 8.71. The fraction of sp³-hybridized carbons (Fsp3) is 0.722. The zero-order valence-electron chi connectivity index (χ0n) is 14.4. The summed E-state index contributed by atoms with van der Waals surface area (Å²) in [6, 6.07) is 4.77. The van der Waals surface area contributed by atoms with Gasteiger partial charge >= 0.3 is 0 Å². The van der Waals surface area contributed by atoms with E-state index in [0.717, 1.165) is 39.5 Å². The van der Waals surface area contributed by atoms with Crippen molar-refractivity contribution in [1.29, 1.82) is 0 Å². The van der Waals surface area contributed by atoms with Gasteiger partial charge in [-0.2, -0.15) is 0 Å². The molecular formula is C18H29N3O2. The third-order valence-corrected chi connectivity index (χ3v) is 4.98. The monoisotopic (exact) mass is 319 g/mol. The van der Waals surface area contributed by atoms with Gasteiger partial charge in [-0.15, -0.1) is 0 Å². The molecule has 0 aromatic carbocycles. The van der Waals surface area contributed by atoms with Crippen molar-refractivity contribution in [3.8, 4) is 0 Å². The second-order valence-corrected chi connectivity index (χ2v) is 6.94. The van der Waals surface area contributed by atoms with Gasteiger partial charge in [0.25, 0.3) is 0 Å². The molecule has 3 atom stereocenters. The van der Waals surface area contributed by atoms with E-state index >= 15 is 0 Å². The fourth-order valence-corrected chi connectivity index (χ4v) is 3.72. The highest BCUT2D eigenvalue weighted by Gasteiger charge is 2.42. The van der Waals surface area contributed by atoms with Crippen molar-refractivity contribution in [3.05, 3.63) is 30.1 Å². The normalized spacial score (nSPS) is 28.2. The molecule has 2 fully saturated rings. The van der Waals surface area contributed by atoms with Crippen molar-refractivity contribution in [2.75, 3.05) is 47.0 Å². The van der Waals surface area contributed by atoms with Gasteiger partial charge in [0.15, 0.2) is 0 Å². The van der Waals surface area contributed by atoms with Crippen LogP contribution >= 0.6 is 0 Å². The highest BCUT2D eigenvalue weighted by molar-refractivity contribution is 5.10. The summed E-state index contributed by atoms with van der Waals surface area (Å²) in [6.45, 7) is 5.48. The van der Waals surface area contributed by atoms with Gasteiger partial charge in [-0.25, -0.2) is 0 Å². The second kappa shape index (κ2) is 8.20. The van der Waals surface area contributed by atoms with E-state index in [2.05, 4.69) is 41.0 Å². The Balaban J connectivity index is 1.51. The zero-order valence-corrected chi connectivity index (χ0v) is 14.4. The third-order valence-electron chi connectivity index (χ3n) is 4.98. The van der Waals surface area contributed by atoms with E-state index in [0.29, 0.717) is 18.1 Å². The van der Waals surface area contributed by atoms with Crippen LogP contribution in [0.25, 0.3) is 0 Å². The van der Waals surface area contributed by atoms with Crippen molar-refractivity contribution >= 4 is 0 Å². The van der Waals surface area contributed by atoms with Crippen molar-refractivity contribution in [2.45, 2.75) is 31.5 Å². The molecule has 5 nitrogen and oxygen atoms in total. The van der Waals surface area contributed by atoms with E-state index in [-0.39, 0.29) is 0 Å². The molecule has 1 saturated heterocycles. The van der Waals surface area contributed by atoms with Gasteiger partial charge in [-0.1, -0.05) is 0 Å². The number of hydrogen-bond acceptors (Lipinski definition) is 5. The summed E-state index contributed by atoms with van der Waals surface area (Å²) in [6.07, 6.45) is 6.53. The minimum Gasteiger partial charge on any atom is -0.380 e. The van der Waals surface area contributed by atoms with Gasteiger partial charge < -0.3 is 14.4 Å². The SMILES string of the molecule is CN(C)CCOC[C@@H]1CC[C@H]2[C@@H]1OCCN2Cc1ccncc1. The third kappa shape index (κ3) is 4.51. The quantitative estimate of drug-likeness (QED) is 0.714. The molecule has 1 aromatic heterocycles. The van der Waals surface area contributed by atoms with Crippen LogP contribution in [0.3, 0.4) is 0 Å². The van der Waals surface area contributed by atoms with Crippen LogP contribution in [-0.4, -0.2) is 73.9 Å². The predicted octanol–water partition coefficient (Wildman–Crippen LogP) is 1.64. The summed E-state index contributed by atoms with van der Waals surface area (Å²) in [5, 5.41) is 0. The Hall–Kier alpha value is -1.01. The van der Waals surface area contributed by atoms with Gasteiger partial charge in [-0.05, 0) is 44.6 Å². The Kier molecular flexibility index (Phi) is 6.00. The van der Waals surface area contributed by atoms with Gasteiger partial charge in [0.1, 0.15) is 0 Å². The van der Waals surface area contributed by atoms with Crippen molar-refractivity contribution in [2.24, 2.45) is 5.92 Å². The number of likely N-dealkylation sites (N-methyl/N-ethyl adjacent to an activating group) is 1. The lowest BCUT2D eigenvalue weighted by atomic mass is 10.0. The van der Waals surface area contributed by atoms with Gasteiger partial charge in [0.05, 0.1) is 25.9 Å². The molecule has 0 unspecified atom stereocenters. The maximum Gasteiger partial charge on any atom is 0.0781 e. The summed E-state index contributed by atoms with van der Waals surface area (Å²) >= 11 is 0. The Morgan fingerprint density at radius 2 is 2.13 bits per heavy atom. The molecule has 1 aliphatic heterocycles. The van der Waals surface area contributed by atoms with E-state index in [1.807, 2.05) is 12.4 Å². The summed E-state index contributed by atoms with van der Waals surface area (Å²) in [7, 11) is 4.16. The number of nitrogens with zero attached hydrogens (tertiary/aromatic N) is 3. The molecule has 0 bridgehead atoms. The molecule has 1 aromatic rings. The minimum absolute atomic E-state index is 0.338. The summed E-state index contributed by atoms with van der Waals surface area (Å²) in [4.78, 5) is 8.85. The Labute approximate surface area is 139 Å². The molecular weight excluding hydrogens is 290 g/mol. The Morgan fingerprint density at radius 1 is 1.30 bits per heavy atom. The molecule has 0 radical (unpaired) electrons. The second-order valence-electron chi connectivity index (χ2n) is 6.94. The maximum atomic E-state index is 6.12. The molecule has 23 heavy (non-hydrogen) atoms. The number of morpholine rings is 1. The number of fused-ring (bicyclic) bond motifs is 1. The smallest absolute Gasteiger partial charge is 0.0781 e. The first kappa shape index (κ1) is 16.8. The standard InChI is InChI=1S/C18H29N3O2/c1-20(2)9-11-22-14-16-3-4-17-18(16)23-12-10-21(17)13-15-5-7-19-8-6-15/h5-8,16-18H,3-4,9-14H2,1-2H3/t16-,17-,18+/m0/s1. The predicted molar refractivity (Wildman–Crippen MR) is 90.3 cm³/mol. The molecule has 2 heterocycles. The van der Waals surface area contributed by atoms with E-state index in [1.54, 1.807) is 0 Å². The maximum absolute atomic E-state index is 6.12. The number of hydrogen-bond donors (Lipinski definition) is 0. The number of rotatable bonds is 7. The molecule has 3 rings (SSSR count). The topological polar surface area (TPSA) is 37.8 Å². The highest BCUT2D eigenvalue weighted by atomic mass is 16.5. The molecule has 0 amide bonds. The molecule has 1 saturated carbocycles. The lowest BCUT2D eigenvalue weighted by Crippen LogP contribution is -2.50. The molecule has 128 valence electrons. The van der Waals surface area contributed by atoms with Crippen LogP contribution in [-0.2, 0) is 16.0 Å².